The van der Waals surface area contributed by atoms with Crippen molar-refractivity contribution in [2.45, 2.75) is 19.8 Å². The first-order chi connectivity index (χ1) is 7.19. The fourth-order valence-electron chi connectivity index (χ4n) is 1.52. The van der Waals surface area contributed by atoms with Gasteiger partial charge in [-0.2, -0.15) is 0 Å². The van der Waals surface area contributed by atoms with E-state index in [0.29, 0.717) is 0 Å². The van der Waals surface area contributed by atoms with Crippen molar-refractivity contribution in [2.24, 2.45) is 5.92 Å². The van der Waals surface area contributed by atoms with Gasteiger partial charge in [-0.1, -0.05) is 28.1 Å². The SMILES string of the molecule is Cc1c(Br)cccc1CCC(CO)CO. The highest BCUT2D eigenvalue weighted by Crippen LogP contribution is 2.21. The number of hydrogen-bond donors (Lipinski definition) is 2. The largest absolute Gasteiger partial charge is 0.396 e. The third-order valence-electron chi connectivity index (χ3n) is 2.72. The van der Waals surface area contributed by atoms with Gasteiger partial charge in [0.1, 0.15) is 0 Å². The van der Waals surface area contributed by atoms with Crippen LogP contribution in [-0.4, -0.2) is 23.4 Å². The zero-order chi connectivity index (χ0) is 11.3. The van der Waals surface area contributed by atoms with Crippen molar-refractivity contribution in [1.29, 1.82) is 0 Å². The summed E-state index contributed by atoms with van der Waals surface area (Å²) in [6.45, 7) is 2.19. The zero-order valence-corrected chi connectivity index (χ0v) is 10.5. The molecular formula is C12H17BrO2. The maximum Gasteiger partial charge on any atom is 0.0481 e. The molecule has 0 saturated carbocycles. The summed E-state index contributed by atoms with van der Waals surface area (Å²) in [6.07, 6.45) is 1.72. The first-order valence-electron chi connectivity index (χ1n) is 5.14. The molecule has 0 amide bonds. The van der Waals surface area contributed by atoms with Gasteiger partial charge in [0, 0.05) is 23.6 Å². The Balaban J connectivity index is 2.61. The third kappa shape index (κ3) is 3.59. The van der Waals surface area contributed by atoms with E-state index in [4.69, 9.17) is 10.2 Å². The van der Waals surface area contributed by atoms with Gasteiger partial charge in [-0.15, -0.1) is 0 Å². The van der Waals surface area contributed by atoms with E-state index in [2.05, 4.69) is 28.9 Å². The van der Waals surface area contributed by atoms with Gasteiger partial charge in [0.2, 0.25) is 0 Å². The molecule has 0 atom stereocenters. The van der Waals surface area contributed by atoms with Gasteiger partial charge < -0.3 is 10.2 Å². The first kappa shape index (κ1) is 12.7. The van der Waals surface area contributed by atoms with Crippen molar-refractivity contribution in [3.05, 3.63) is 33.8 Å². The molecule has 0 unspecified atom stereocenters. The highest BCUT2D eigenvalue weighted by Gasteiger charge is 2.08. The van der Waals surface area contributed by atoms with Crippen molar-refractivity contribution in [2.75, 3.05) is 13.2 Å². The van der Waals surface area contributed by atoms with E-state index in [1.807, 2.05) is 12.1 Å². The molecule has 0 spiro atoms. The third-order valence-corrected chi connectivity index (χ3v) is 3.58. The Labute approximate surface area is 99.1 Å². The fourth-order valence-corrected chi connectivity index (χ4v) is 1.93. The molecule has 2 nitrogen and oxygen atoms in total. The molecule has 1 aromatic carbocycles. The van der Waals surface area contributed by atoms with Crippen molar-refractivity contribution >= 4 is 15.9 Å². The minimum atomic E-state index is 0.00313. The molecular weight excluding hydrogens is 256 g/mol. The molecule has 0 aliphatic rings. The standard InChI is InChI=1S/C12H17BrO2/c1-9-11(3-2-4-12(9)13)6-5-10(7-14)8-15/h2-4,10,14-15H,5-8H2,1H3. The van der Waals surface area contributed by atoms with Crippen LogP contribution in [0.3, 0.4) is 0 Å². The van der Waals surface area contributed by atoms with Crippen molar-refractivity contribution in [3.8, 4) is 0 Å². The number of rotatable bonds is 5. The molecule has 0 aliphatic carbocycles. The van der Waals surface area contributed by atoms with Crippen LogP contribution in [0.1, 0.15) is 17.5 Å². The van der Waals surface area contributed by atoms with E-state index in [1.54, 1.807) is 0 Å². The lowest BCUT2D eigenvalue weighted by Gasteiger charge is -2.12. The second-order valence-corrected chi connectivity index (χ2v) is 4.65. The molecule has 1 aromatic rings. The van der Waals surface area contributed by atoms with Crippen molar-refractivity contribution in [1.82, 2.24) is 0 Å². The fraction of sp³-hybridized carbons (Fsp3) is 0.500. The van der Waals surface area contributed by atoms with Gasteiger partial charge in [0.05, 0.1) is 0 Å². The Kier molecular flexibility index (Phi) is 5.29. The van der Waals surface area contributed by atoms with Crippen LogP contribution in [-0.2, 0) is 6.42 Å². The van der Waals surface area contributed by atoms with E-state index in [-0.39, 0.29) is 19.1 Å². The normalized spacial score (nSPS) is 11.0. The van der Waals surface area contributed by atoms with Gasteiger partial charge in [-0.25, -0.2) is 0 Å². The number of hydrogen-bond acceptors (Lipinski definition) is 2. The molecule has 0 saturated heterocycles. The number of benzene rings is 1. The van der Waals surface area contributed by atoms with Gasteiger partial charge >= 0.3 is 0 Å². The summed E-state index contributed by atoms with van der Waals surface area (Å²) in [5, 5.41) is 17.9. The van der Waals surface area contributed by atoms with E-state index in [1.165, 1.54) is 11.1 Å². The van der Waals surface area contributed by atoms with Crippen LogP contribution >= 0.6 is 15.9 Å². The second kappa shape index (κ2) is 6.26. The summed E-state index contributed by atoms with van der Waals surface area (Å²) in [5.74, 6) is 0.00313. The lowest BCUT2D eigenvalue weighted by atomic mass is 9.98. The van der Waals surface area contributed by atoms with E-state index < -0.39 is 0 Å². The average molecular weight is 273 g/mol. The van der Waals surface area contributed by atoms with E-state index in [0.717, 1.165) is 17.3 Å². The Bertz CT molecular complexity index is 308. The molecule has 0 fully saturated rings. The molecule has 0 aliphatic heterocycles. The van der Waals surface area contributed by atoms with Crippen molar-refractivity contribution in [3.63, 3.8) is 0 Å². The summed E-state index contributed by atoms with van der Waals surface area (Å²) >= 11 is 3.49. The van der Waals surface area contributed by atoms with E-state index in [9.17, 15) is 0 Å². The zero-order valence-electron chi connectivity index (χ0n) is 8.91. The van der Waals surface area contributed by atoms with Crippen molar-refractivity contribution < 1.29 is 10.2 Å². The van der Waals surface area contributed by atoms with E-state index >= 15 is 0 Å². The van der Waals surface area contributed by atoms with Gasteiger partial charge in [-0.05, 0) is 37.0 Å². The molecule has 3 heteroatoms. The Morgan fingerprint density at radius 3 is 2.53 bits per heavy atom. The molecule has 15 heavy (non-hydrogen) atoms. The molecule has 0 radical (unpaired) electrons. The second-order valence-electron chi connectivity index (χ2n) is 3.79. The van der Waals surface area contributed by atoms with Gasteiger partial charge in [-0.3, -0.25) is 0 Å². The Morgan fingerprint density at radius 2 is 1.93 bits per heavy atom. The predicted octanol–water partition coefficient (Wildman–Crippen LogP) is 2.29. The quantitative estimate of drug-likeness (QED) is 0.864. The lowest BCUT2D eigenvalue weighted by molar-refractivity contribution is 0.144. The summed E-state index contributed by atoms with van der Waals surface area (Å²) in [4.78, 5) is 0. The van der Waals surface area contributed by atoms with Crippen LogP contribution in [0.25, 0.3) is 0 Å². The summed E-state index contributed by atoms with van der Waals surface area (Å²) in [5.41, 5.74) is 2.52. The first-order valence-corrected chi connectivity index (χ1v) is 5.94. The number of halogens is 1. The number of aliphatic hydroxyl groups excluding tert-OH is 2. The number of aliphatic hydroxyl groups is 2. The van der Waals surface area contributed by atoms with Crippen LogP contribution in [0.2, 0.25) is 0 Å². The minimum Gasteiger partial charge on any atom is -0.396 e. The summed E-state index contributed by atoms with van der Waals surface area (Å²) < 4.78 is 1.12. The van der Waals surface area contributed by atoms with Crippen LogP contribution in [0.4, 0.5) is 0 Å². The molecule has 2 N–H and O–H groups in total. The smallest absolute Gasteiger partial charge is 0.0481 e. The average Bonchev–Trinajstić information content (AvgIpc) is 2.25. The van der Waals surface area contributed by atoms with Crippen LogP contribution in [0.5, 0.6) is 0 Å². The Morgan fingerprint density at radius 1 is 1.27 bits per heavy atom. The number of aryl methyl sites for hydroxylation is 1. The molecule has 1 rings (SSSR count). The molecule has 84 valence electrons. The summed E-state index contributed by atoms with van der Waals surface area (Å²) in [7, 11) is 0. The maximum absolute atomic E-state index is 8.96. The molecule has 0 heterocycles. The molecule has 0 aromatic heterocycles. The predicted molar refractivity (Wildman–Crippen MR) is 64.9 cm³/mol. The van der Waals surface area contributed by atoms with Crippen LogP contribution in [0.15, 0.2) is 22.7 Å². The highest BCUT2D eigenvalue weighted by atomic mass is 79.9. The Hall–Kier alpha value is -0.380. The topological polar surface area (TPSA) is 40.5 Å². The summed E-state index contributed by atoms with van der Waals surface area (Å²) in [6, 6.07) is 6.12. The van der Waals surface area contributed by atoms with Crippen LogP contribution in [0, 0.1) is 12.8 Å². The maximum atomic E-state index is 8.96. The monoisotopic (exact) mass is 272 g/mol. The molecule has 0 bridgehead atoms. The minimum absolute atomic E-state index is 0.00313. The highest BCUT2D eigenvalue weighted by molar-refractivity contribution is 9.10. The lowest BCUT2D eigenvalue weighted by Crippen LogP contribution is -2.12. The van der Waals surface area contributed by atoms with Crippen LogP contribution < -0.4 is 0 Å². The van der Waals surface area contributed by atoms with Gasteiger partial charge in [0.25, 0.3) is 0 Å². The van der Waals surface area contributed by atoms with Gasteiger partial charge in [0.15, 0.2) is 0 Å².